The van der Waals surface area contributed by atoms with Crippen LogP contribution in [0.3, 0.4) is 0 Å². The zero-order chi connectivity index (χ0) is 19.9. The minimum absolute atomic E-state index is 0.0603. The number of aromatic nitrogens is 2. The molecule has 0 saturated carbocycles. The normalized spacial score (nSPS) is 10.3. The summed E-state index contributed by atoms with van der Waals surface area (Å²) in [6.07, 6.45) is 0.0603. The number of nitrogens with one attached hydrogen (secondary N) is 2. The minimum Gasteiger partial charge on any atom is -0.326 e. The van der Waals surface area contributed by atoms with Crippen molar-refractivity contribution in [2.24, 2.45) is 0 Å². The van der Waals surface area contributed by atoms with Crippen molar-refractivity contribution in [3.63, 3.8) is 0 Å². The van der Waals surface area contributed by atoms with E-state index in [-0.39, 0.29) is 30.1 Å². The Balaban J connectivity index is 1.65. The summed E-state index contributed by atoms with van der Waals surface area (Å²) in [7, 11) is 0. The van der Waals surface area contributed by atoms with Crippen molar-refractivity contribution < 1.29 is 9.59 Å². The third kappa shape index (κ3) is 5.14. The predicted octanol–water partition coefficient (Wildman–Crippen LogP) is 2.83. The molecule has 1 aromatic heterocycles. The van der Waals surface area contributed by atoms with E-state index in [9.17, 15) is 14.4 Å². The van der Waals surface area contributed by atoms with Gasteiger partial charge in [0.1, 0.15) is 5.69 Å². The van der Waals surface area contributed by atoms with Crippen LogP contribution in [0.25, 0.3) is 0 Å². The summed E-state index contributed by atoms with van der Waals surface area (Å²) in [6.45, 7) is 2.00. The summed E-state index contributed by atoms with van der Waals surface area (Å²) in [6, 6.07) is 19.1. The van der Waals surface area contributed by atoms with Gasteiger partial charge in [-0.15, -0.1) is 0 Å². The van der Waals surface area contributed by atoms with Gasteiger partial charge in [-0.3, -0.25) is 14.4 Å². The molecule has 2 aromatic carbocycles. The first-order valence-corrected chi connectivity index (χ1v) is 8.82. The highest BCUT2D eigenvalue weighted by Gasteiger charge is 2.11. The second-order valence-electron chi connectivity index (χ2n) is 6.27. The molecule has 7 heteroatoms. The van der Waals surface area contributed by atoms with E-state index in [1.165, 1.54) is 12.1 Å². The Kier molecular flexibility index (Phi) is 5.96. The molecule has 0 bridgehead atoms. The van der Waals surface area contributed by atoms with E-state index in [0.29, 0.717) is 11.4 Å². The van der Waals surface area contributed by atoms with Gasteiger partial charge in [-0.25, -0.2) is 4.68 Å². The molecule has 2 amide bonds. The van der Waals surface area contributed by atoms with Gasteiger partial charge in [0.2, 0.25) is 5.91 Å². The van der Waals surface area contributed by atoms with E-state index in [1.807, 2.05) is 43.3 Å². The lowest BCUT2D eigenvalue weighted by Crippen LogP contribution is -2.28. The second-order valence-corrected chi connectivity index (χ2v) is 6.27. The number of para-hydroxylation sites is 1. The number of carbonyl (C=O) groups excluding carboxylic acids is 2. The van der Waals surface area contributed by atoms with Crippen molar-refractivity contribution in [3.8, 4) is 0 Å². The van der Waals surface area contributed by atoms with Crippen LogP contribution in [0.4, 0.5) is 11.4 Å². The molecule has 0 saturated heterocycles. The van der Waals surface area contributed by atoms with Crippen LogP contribution in [0.2, 0.25) is 0 Å². The van der Waals surface area contributed by atoms with Gasteiger partial charge in [-0.2, -0.15) is 5.10 Å². The molecule has 0 aliphatic rings. The van der Waals surface area contributed by atoms with Crippen LogP contribution in [0.5, 0.6) is 0 Å². The number of carbonyl (C=O) groups is 2. The highest BCUT2D eigenvalue weighted by atomic mass is 16.2. The number of aryl methyl sites for hydroxylation is 2. The van der Waals surface area contributed by atoms with Crippen molar-refractivity contribution >= 4 is 23.2 Å². The van der Waals surface area contributed by atoms with Crippen molar-refractivity contribution in [2.75, 3.05) is 10.6 Å². The summed E-state index contributed by atoms with van der Waals surface area (Å²) in [5.41, 5.74) is 2.07. The fourth-order valence-corrected chi connectivity index (χ4v) is 2.60. The third-order valence-corrected chi connectivity index (χ3v) is 3.98. The molecule has 0 radical (unpaired) electrons. The Morgan fingerprint density at radius 1 is 0.929 bits per heavy atom. The van der Waals surface area contributed by atoms with Gasteiger partial charge in [0, 0.05) is 23.9 Å². The lowest BCUT2D eigenvalue weighted by atomic mass is 10.2. The topological polar surface area (TPSA) is 93.1 Å². The zero-order valence-corrected chi connectivity index (χ0v) is 15.4. The predicted molar refractivity (Wildman–Crippen MR) is 107 cm³/mol. The average Bonchev–Trinajstić information content (AvgIpc) is 2.68. The largest absolute Gasteiger partial charge is 0.326 e. The Labute approximate surface area is 162 Å². The minimum atomic E-state index is -0.423. The highest BCUT2D eigenvalue weighted by molar-refractivity contribution is 6.02. The van der Waals surface area contributed by atoms with Gasteiger partial charge in [0.15, 0.2) is 0 Å². The van der Waals surface area contributed by atoms with Crippen LogP contribution in [0.15, 0.2) is 71.5 Å². The molecule has 142 valence electrons. The lowest BCUT2D eigenvalue weighted by Gasteiger charge is -2.09. The van der Waals surface area contributed by atoms with Crippen molar-refractivity contribution in [1.29, 1.82) is 0 Å². The Hall–Kier alpha value is -3.74. The first-order chi connectivity index (χ1) is 13.5. The first kappa shape index (κ1) is 19.0. The maximum absolute atomic E-state index is 12.4. The molecule has 1 heterocycles. The van der Waals surface area contributed by atoms with E-state index in [1.54, 1.807) is 18.2 Å². The summed E-state index contributed by atoms with van der Waals surface area (Å²) in [4.78, 5) is 36.5. The van der Waals surface area contributed by atoms with E-state index < -0.39 is 5.91 Å². The van der Waals surface area contributed by atoms with E-state index >= 15 is 0 Å². The van der Waals surface area contributed by atoms with Crippen LogP contribution < -0.4 is 16.2 Å². The monoisotopic (exact) mass is 376 g/mol. The standard InChI is InChI=1S/C21H20N4O3/c1-15-6-5-9-17(14-15)23-21(28)18-10-11-20(27)25(24-18)13-12-19(26)22-16-7-3-2-4-8-16/h2-11,14H,12-13H2,1H3,(H,22,26)(H,23,28). The molecule has 2 N–H and O–H groups in total. The molecule has 0 spiro atoms. The molecule has 3 aromatic rings. The number of benzene rings is 2. The third-order valence-electron chi connectivity index (χ3n) is 3.98. The maximum Gasteiger partial charge on any atom is 0.276 e. The number of amides is 2. The summed E-state index contributed by atoms with van der Waals surface area (Å²) >= 11 is 0. The van der Waals surface area contributed by atoms with Gasteiger partial charge in [0.05, 0.1) is 6.54 Å². The molecule has 0 atom stereocenters. The molecule has 7 nitrogen and oxygen atoms in total. The Morgan fingerprint density at radius 3 is 2.43 bits per heavy atom. The highest BCUT2D eigenvalue weighted by Crippen LogP contribution is 2.10. The molecule has 0 unspecified atom stereocenters. The number of rotatable bonds is 6. The Morgan fingerprint density at radius 2 is 1.68 bits per heavy atom. The molecule has 28 heavy (non-hydrogen) atoms. The van der Waals surface area contributed by atoms with Crippen LogP contribution in [0.1, 0.15) is 22.5 Å². The van der Waals surface area contributed by atoms with Crippen LogP contribution in [-0.2, 0) is 11.3 Å². The van der Waals surface area contributed by atoms with Crippen LogP contribution in [-0.4, -0.2) is 21.6 Å². The number of hydrogen-bond acceptors (Lipinski definition) is 4. The first-order valence-electron chi connectivity index (χ1n) is 8.82. The van der Waals surface area contributed by atoms with E-state index in [2.05, 4.69) is 15.7 Å². The molecular weight excluding hydrogens is 356 g/mol. The quantitative estimate of drug-likeness (QED) is 0.692. The van der Waals surface area contributed by atoms with Gasteiger partial charge >= 0.3 is 0 Å². The average molecular weight is 376 g/mol. The van der Waals surface area contributed by atoms with E-state index in [0.717, 1.165) is 10.2 Å². The van der Waals surface area contributed by atoms with Crippen LogP contribution >= 0.6 is 0 Å². The van der Waals surface area contributed by atoms with Crippen molar-refractivity contribution in [2.45, 2.75) is 19.9 Å². The molecule has 0 fully saturated rings. The van der Waals surface area contributed by atoms with Gasteiger partial charge in [-0.1, -0.05) is 30.3 Å². The fourth-order valence-electron chi connectivity index (χ4n) is 2.60. The summed E-state index contributed by atoms with van der Waals surface area (Å²) in [5, 5.41) is 9.57. The number of anilines is 2. The van der Waals surface area contributed by atoms with Crippen LogP contribution in [0, 0.1) is 6.92 Å². The summed E-state index contributed by atoms with van der Waals surface area (Å²) < 4.78 is 1.12. The maximum atomic E-state index is 12.4. The van der Waals surface area contributed by atoms with Gasteiger partial charge < -0.3 is 10.6 Å². The molecule has 3 rings (SSSR count). The fraction of sp³-hybridized carbons (Fsp3) is 0.143. The SMILES string of the molecule is Cc1cccc(NC(=O)c2ccc(=O)n(CCC(=O)Nc3ccccc3)n2)c1. The van der Waals surface area contributed by atoms with Gasteiger partial charge in [0.25, 0.3) is 11.5 Å². The van der Waals surface area contributed by atoms with Crippen molar-refractivity contribution in [3.05, 3.63) is 88.3 Å². The van der Waals surface area contributed by atoms with Crippen molar-refractivity contribution in [1.82, 2.24) is 9.78 Å². The summed E-state index contributed by atoms with van der Waals surface area (Å²) in [5.74, 6) is -0.664. The second kappa shape index (κ2) is 8.77. The molecular formula is C21H20N4O3. The zero-order valence-electron chi connectivity index (χ0n) is 15.4. The lowest BCUT2D eigenvalue weighted by molar-refractivity contribution is -0.116. The number of nitrogens with zero attached hydrogens (tertiary/aromatic N) is 2. The smallest absolute Gasteiger partial charge is 0.276 e. The Bertz CT molecular complexity index is 1040. The van der Waals surface area contributed by atoms with Gasteiger partial charge in [-0.05, 0) is 42.8 Å². The molecule has 0 aliphatic carbocycles. The van der Waals surface area contributed by atoms with E-state index in [4.69, 9.17) is 0 Å². The number of hydrogen-bond donors (Lipinski definition) is 2. The molecule has 0 aliphatic heterocycles.